The molecule has 0 aromatic heterocycles. The number of ether oxygens (including phenoxy) is 1. The van der Waals surface area contributed by atoms with E-state index in [1.807, 2.05) is 55.5 Å². The highest BCUT2D eigenvalue weighted by atomic mass is 79.9. The molecule has 0 spiro atoms. The van der Waals surface area contributed by atoms with Crippen molar-refractivity contribution in [3.63, 3.8) is 0 Å². The summed E-state index contributed by atoms with van der Waals surface area (Å²) in [5, 5.41) is 0. The van der Waals surface area contributed by atoms with Crippen molar-refractivity contribution in [2.24, 2.45) is 5.73 Å². The van der Waals surface area contributed by atoms with E-state index in [1.54, 1.807) is 0 Å². The number of halogens is 1. The molecule has 0 radical (unpaired) electrons. The molecule has 3 heteroatoms. The Morgan fingerprint density at radius 1 is 1.17 bits per heavy atom. The number of nitrogens with two attached hydrogens (primary N) is 1. The van der Waals surface area contributed by atoms with E-state index in [9.17, 15) is 0 Å². The minimum absolute atomic E-state index is 0.0162. The molecule has 1 unspecified atom stereocenters. The lowest BCUT2D eigenvalue weighted by atomic mass is 10.1. The topological polar surface area (TPSA) is 35.2 Å². The minimum Gasteiger partial charge on any atom is -0.489 e. The largest absolute Gasteiger partial charge is 0.489 e. The van der Waals surface area contributed by atoms with Gasteiger partial charge >= 0.3 is 0 Å². The van der Waals surface area contributed by atoms with E-state index < -0.39 is 0 Å². The van der Waals surface area contributed by atoms with Crippen molar-refractivity contribution in [1.82, 2.24) is 0 Å². The van der Waals surface area contributed by atoms with Gasteiger partial charge in [0, 0.05) is 10.5 Å². The zero-order valence-corrected chi connectivity index (χ0v) is 11.9. The van der Waals surface area contributed by atoms with Crippen LogP contribution in [0.5, 0.6) is 5.75 Å². The number of benzene rings is 2. The minimum atomic E-state index is 0.0162. The van der Waals surface area contributed by atoms with Gasteiger partial charge in [-0.05, 0) is 30.2 Å². The lowest BCUT2D eigenvalue weighted by Gasteiger charge is -2.11. The van der Waals surface area contributed by atoms with Crippen molar-refractivity contribution < 1.29 is 4.74 Å². The maximum absolute atomic E-state index is 5.86. The van der Waals surface area contributed by atoms with E-state index in [1.165, 1.54) is 0 Å². The van der Waals surface area contributed by atoms with E-state index in [0.29, 0.717) is 6.61 Å². The highest BCUT2D eigenvalue weighted by Gasteiger charge is 2.06. The summed E-state index contributed by atoms with van der Waals surface area (Å²) in [6.07, 6.45) is 0. The molecule has 1 atom stereocenters. The van der Waals surface area contributed by atoms with Crippen LogP contribution in [0.15, 0.2) is 53.0 Å². The number of rotatable bonds is 4. The van der Waals surface area contributed by atoms with Gasteiger partial charge in [0.15, 0.2) is 0 Å². The molecule has 2 aromatic carbocycles. The smallest absolute Gasteiger partial charge is 0.120 e. The molecule has 0 aliphatic rings. The van der Waals surface area contributed by atoms with Crippen molar-refractivity contribution in [3.8, 4) is 5.75 Å². The first-order valence-corrected chi connectivity index (χ1v) is 6.68. The first-order chi connectivity index (χ1) is 8.66. The first kappa shape index (κ1) is 13.1. The van der Waals surface area contributed by atoms with Gasteiger partial charge in [-0.2, -0.15) is 0 Å². The van der Waals surface area contributed by atoms with Crippen LogP contribution in [0.2, 0.25) is 0 Å². The zero-order valence-electron chi connectivity index (χ0n) is 10.3. The van der Waals surface area contributed by atoms with Crippen LogP contribution in [0.3, 0.4) is 0 Å². The highest BCUT2D eigenvalue weighted by Crippen LogP contribution is 2.27. The molecular weight excluding hydrogens is 290 g/mol. The van der Waals surface area contributed by atoms with Gasteiger partial charge in [0.1, 0.15) is 12.4 Å². The molecule has 0 saturated heterocycles. The summed E-state index contributed by atoms with van der Waals surface area (Å²) in [6.45, 7) is 2.54. The number of hydrogen-bond donors (Lipinski definition) is 1. The second-order valence-corrected chi connectivity index (χ2v) is 5.10. The third kappa shape index (κ3) is 3.34. The zero-order chi connectivity index (χ0) is 13.0. The molecule has 18 heavy (non-hydrogen) atoms. The Kier molecular flexibility index (Phi) is 4.39. The fourth-order valence-electron chi connectivity index (χ4n) is 1.71. The van der Waals surface area contributed by atoms with E-state index in [2.05, 4.69) is 15.9 Å². The second kappa shape index (κ2) is 6.03. The summed E-state index contributed by atoms with van der Waals surface area (Å²) in [4.78, 5) is 0. The molecule has 0 aliphatic heterocycles. The van der Waals surface area contributed by atoms with Crippen molar-refractivity contribution in [2.45, 2.75) is 19.6 Å². The molecule has 0 bridgehead atoms. The molecule has 0 saturated carbocycles. The van der Waals surface area contributed by atoms with Gasteiger partial charge in [-0.1, -0.05) is 52.3 Å². The average Bonchev–Trinajstić information content (AvgIpc) is 2.37. The Morgan fingerprint density at radius 3 is 2.50 bits per heavy atom. The third-order valence-electron chi connectivity index (χ3n) is 2.71. The maximum atomic E-state index is 5.86. The van der Waals surface area contributed by atoms with Gasteiger partial charge in [-0.25, -0.2) is 0 Å². The monoisotopic (exact) mass is 305 g/mol. The molecule has 2 aromatic rings. The average molecular weight is 306 g/mol. The molecule has 2 N–H and O–H groups in total. The molecular formula is C15H16BrNO. The Labute approximate surface area is 116 Å². The quantitative estimate of drug-likeness (QED) is 0.925. The van der Waals surface area contributed by atoms with E-state index in [4.69, 9.17) is 10.5 Å². The fourth-order valence-corrected chi connectivity index (χ4v) is 2.43. The Bertz CT molecular complexity index is 511. The van der Waals surface area contributed by atoms with Gasteiger partial charge in [-0.3, -0.25) is 0 Å². The van der Waals surface area contributed by atoms with Crippen LogP contribution in [0.25, 0.3) is 0 Å². The summed E-state index contributed by atoms with van der Waals surface area (Å²) < 4.78 is 6.73. The van der Waals surface area contributed by atoms with Crippen LogP contribution in [-0.2, 0) is 6.61 Å². The summed E-state index contributed by atoms with van der Waals surface area (Å²) in [5.74, 6) is 0.843. The molecule has 0 heterocycles. The van der Waals surface area contributed by atoms with Crippen LogP contribution < -0.4 is 10.5 Å². The predicted molar refractivity (Wildman–Crippen MR) is 77.5 cm³/mol. The first-order valence-electron chi connectivity index (χ1n) is 5.88. The molecule has 2 rings (SSSR count). The molecule has 0 amide bonds. The standard InChI is InChI=1S/C15H16BrNO/c1-11(17)14-8-7-13(9-15(14)16)18-10-12-5-3-2-4-6-12/h2-9,11H,10,17H2,1H3. The van der Waals surface area contributed by atoms with Crippen molar-refractivity contribution in [1.29, 1.82) is 0 Å². The Balaban J connectivity index is 2.05. The molecule has 0 aliphatic carbocycles. The number of hydrogen-bond acceptors (Lipinski definition) is 2. The Hall–Kier alpha value is -1.32. The van der Waals surface area contributed by atoms with Crippen molar-refractivity contribution in [3.05, 3.63) is 64.1 Å². The van der Waals surface area contributed by atoms with Gasteiger partial charge in [0.05, 0.1) is 0 Å². The van der Waals surface area contributed by atoms with Gasteiger partial charge in [-0.15, -0.1) is 0 Å². The molecule has 94 valence electrons. The SMILES string of the molecule is CC(N)c1ccc(OCc2ccccc2)cc1Br. The van der Waals surface area contributed by atoms with Crippen LogP contribution >= 0.6 is 15.9 Å². The summed E-state index contributed by atoms with van der Waals surface area (Å²) in [6, 6.07) is 16.0. The lowest BCUT2D eigenvalue weighted by molar-refractivity contribution is 0.306. The maximum Gasteiger partial charge on any atom is 0.120 e. The third-order valence-corrected chi connectivity index (χ3v) is 3.40. The summed E-state index contributed by atoms with van der Waals surface area (Å²) >= 11 is 3.51. The second-order valence-electron chi connectivity index (χ2n) is 4.25. The van der Waals surface area contributed by atoms with Crippen molar-refractivity contribution >= 4 is 15.9 Å². The highest BCUT2D eigenvalue weighted by molar-refractivity contribution is 9.10. The predicted octanol–water partition coefficient (Wildman–Crippen LogP) is 4.05. The van der Waals surface area contributed by atoms with Crippen LogP contribution in [0.1, 0.15) is 24.1 Å². The molecule has 0 fully saturated rings. The summed E-state index contributed by atoms with van der Waals surface area (Å²) in [5.41, 5.74) is 8.10. The molecule has 2 nitrogen and oxygen atoms in total. The van der Waals surface area contributed by atoms with Gasteiger partial charge in [0.2, 0.25) is 0 Å². The van der Waals surface area contributed by atoms with Crippen LogP contribution in [-0.4, -0.2) is 0 Å². The van der Waals surface area contributed by atoms with Crippen molar-refractivity contribution in [2.75, 3.05) is 0 Å². The Morgan fingerprint density at radius 2 is 1.89 bits per heavy atom. The summed E-state index contributed by atoms with van der Waals surface area (Å²) in [7, 11) is 0. The van der Waals surface area contributed by atoms with Crippen LogP contribution in [0.4, 0.5) is 0 Å². The van der Waals surface area contributed by atoms with Crippen LogP contribution in [0, 0.1) is 0 Å². The van der Waals surface area contributed by atoms with Gasteiger partial charge in [0.25, 0.3) is 0 Å². The lowest BCUT2D eigenvalue weighted by Crippen LogP contribution is -2.05. The van der Waals surface area contributed by atoms with E-state index in [0.717, 1.165) is 21.3 Å². The normalized spacial score (nSPS) is 12.2. The van der Waals surface area contributed by atoms with E-state index >= 15 is 0 Å². The fraction of sp³-hybridized carbons (Fsp3) is 0.200. The van der Waals surface area contributed by atoms with E-state index in [-0.39, 0.29) is 6.04 Å². The van der Waals surface area contributed by atoms with Gasteiger partial charge < -0.3 is 10.5 Å².